The maximum absolute atomic E-state index is 13.0. The fourth-order valence-electron chi connectivity index (χ4n) is 2.96. The molecule has 0 radical (unpaired) electrons. The molecule has 1 aromatic rings. The minimum atomic E-state index is -1.11. The second kappa shape index (κ2) is 8.95. The lowest BCUT2D eigenvalue weighted by Gasteiger charge is -2.27. The molecule has 1 aliphatic heterocycles. The number of hydrogen-bond donors (Lipinski definition) is 1. The highest BCUT2D eigenvalue weighted by molar-refractivity contribution is 5.97. The Morgan fingerprint density at radius 2 is 1.89 bits per heavy atom. The van der Waals surface area contributed by atoms with Crippen molar-refractivity contribution in [3.8, 4) is 11.5 Å². The first kappa shape index (κ1) is 21.5. The van der Waals surface area contributed by atoms with E-state index < -0.39 is 30.2 Å². The molecule has 28 heavy (non-hydrogen) atoms. The van der Waals surface area contributed by atoms with E-state index in [1.54, 1.807) is 27.7 Å². The molecule has 1 N–H and O–H groups in total. The molecule has 8 nitrogen and oxygen atoms in total. The molecule has 2 rings (SSSR count). The van der Waals surface area contributed by atoms with Crippen LogP contribution in [0.5, 0.6) is 11.5 Å². The molecular weight excluding hydrogens is 366 g/mol. The van der Waals surface area contributed by atoms with E-state index in [0.29, 0.717) is 31.6 Å². The van der Waals surface area contributed by atoms with Gasteiger partial charge in [0.15, 0.2) is 18.1 Å². The summed E-state index contributed by atoms with van der Waals surface area (Å²) in [6.45, 7) is 7.41. The van der Waals surface area contributed by atoms with Crippen LogP contribution in [0, 0.1) is 0 Å². The summed E-state index contributed by atoms with van der Waals surface area (Å²) in [6, 6.07) is 3.92. The van der Waals surface area contributed by atoms with Crippen molar-refractivity contribution in [2.75, 3.05) is 19.8 Å². The van der Waals surface area contributed by atoms with Crippen LogP contribution in [0.3, 0.4) is 0 Å². The number of carbonyl (C=O) groups is 3. The molecule has 8 heteroatoms. The topological polar surface area (TPSA) is 102 Å². The number of carboxylic acid groups (broad SMARTS) is 1. The van der Waals surface area contributed by atoms with Gasteiger partial charge >= 0.3 is 11.9 Å². The predicted molar refractivity (Wildman–Crippen MR) is 101 cm³/mol. The van der Waals surface area contributed by atoms with Crippen molar-refractivity contribution in [1.29, 1.82) is 0 Å². The molecule has 154 valence electrons. The van der Waals surface area contributed by atoms with Crippen LogP contribution in [0.2, 0.25) is 0 Å². The van der Waals surface area contributed by atoms with Crippen molar-refractivity contribution < 1.29 is 33.7 Å². The van der Waals surface area contributed by atoms with Crippen molar-refractivity contribution in [3.63, 3.8) is 0 Å². The minimum absolute atomic E-state index is 0.242. The Morgan fingerprint density at radius 1 is 1.18 bits per heavy atom. The van der Waals surface area contributed by atoms with Gasteiger partial charge < -0.3 is 24.2 Å². The maximum Gasteiger partial charge on any atom is 0.341 e. The molecule has 1 aromatic carbocycles. The Morgan fingerprint density at radius 3 is 2.50 bits per heavy atom. The largest absolute Gasteiger partial charge is 0.490 e. The normalized spacial score (nSPS) is 16.6. The summed E-state index contributed by atoms with van der Waals surface area (Å²) in [5.41, 5.74) is -0.291. The highest BCUT2D eigenvalue weighted by Gasteiger charge is 2.37. The number of carbonyl (C=O) groups excluding carboxylic acids is 2. The Kier molecular flexibility index (Phi) is 6.88. The third kappa shape index (κ3) is 5.61. The molecule has 0 aromatic heterocycles. The predicted octanol–water partition coefficient (Wildman–Crippen LogP) is 2.50. The van der Waals surface area contributed by atoms with Crippen LogP contribution in [-0.4, -0.2) is 59.3 Å². The van der Waals surface area contributed by atoms with Gasteiger partial charge in [0.05, 0.1) is 6.61 Å². The third-order valence-corrected chi connectivity index (χ3v) is 4.03. The van der Waals surface area contributed by atoms with Gasteiger partial charge in [-0.3, -0.25) is 4.79 Å². The summed E-state index contributed by atoms with van der Waals surface area (Å²) in [4.78, 5) is 37.7. The first-order valence-electron chi connectivity index (χ1n) is 9.27. The van der Waals surface area contributed by atoms with Crippen LogP contribution in [-0.2, 0) is 14.3 Å². The van der Waals surface area contributed by atoms with Gasteiger partial charge in [-0.05, 0) is 58.7 Å². The van der Waals surface area contributed by atoms with Crippen molar-refractivity contribution in [3.05, 3.63) is 23.8 Å². The lowest BCUT2D eigenvalue weighted by atomic mass is 10.1. The van der Waals surface area contributed by atoms with E-state index in [9.17, 15) is 14.4 Å². The number of esters is 1. The molecule has 0 aliphatic carbocycles. The van der Waals surface area contributed by atoms with Crippen molar-refractivity contribution in [2.24, 2.45) is 0 Å². The van der Waals surface area contributed by atoms with Gasteiger partial charge in [0.2, 0.25) is 0 Å². The van der Waals surface area contributed by atoms with E-state index in [1.165, 1.54) is 23.1 Å². The zero-order valence-electron chi connectivity index (χ0n) is 16.7. The summed E-state index contributed by atoms with van der Waals surface area (Å²) in [5, 5.41) is 8.77. The number of ether oxygens (including phenoxy) is 3. The smallest absolute Gasteiger partial charge is 0.341 e. The lowest BCUT2D eigenvalue weighted by molar-refractivity contribution is -0.159. The molecule has 0 unspecified atom stereocenters. The van der Waals surface area contributed by atoms with Crippen molar-refractivity contribution in [1.82, 2.24) is 4.90 Å². The van der Waals surface area contributed by atoms with Crippen molar-refractivity contribution in [2.45, 2.75) is 52.2 Å². The van der Waals surface area contributed by atoms with Gasteiger partial charge in [0.1, 0.15) is 11.6 Å². The van der Waals surface area contributed by atoms with Gasteiger partial charge in [-0.15, -0.1) is 0 Å². The first-order valence-corrected chi connectivity index (χ1v) is 9.27. The quantitative estimate of drug-likeness (QED) is 0.710. The number of hydrogen-bond acceptors (Lipinski definition) is 6. The van der Waals surface area contributed by atoms with E-state index in [4.69, 9.17) is 19.3 Å². The summed E-state index contributed by atoms with van der Waals surface area (Å²) >= 11 is 0. The number of nitrogens with zero attached hydrogens (tertiary/aromatic N) is 1. The lowest BCUT2D eigenvalue weighted by Crippen LogP contribution is -2.43. The van der Waals surface area contributed by atoms with Crippen molar-refractivity contribution >= 4 is 17.8 Å². The number of aliphatic carboxylic acids is 1. The molecule has 0 saturated carbocycles. The van der Waals surface area contributed by atoms with E-state index >= 15 is 0 Å². The SMILES string of the molecule is CCOc1cc(C(=O)N2CCC[C@H]2C(=O)OC(C)(C)C)ccc1OCC(=O)O. The van der Waals surface area contributed by atoms with Crippen LogP contribution in [0.1, 0.15) is 50.9 Å². The standard InChI is InChI=1S/C20H27NO7/c1-5-26-16-11-13(8-9-15(16)27-12-17(22)23)18(24)21-10-6-7-14(21)19(25)28-20(2,3)4/h8-9,11,14H,5-7,10,12H2,1-4H3,(H,22,23)/t14-/m0/s1. The van der Waals surface area contributed by atoms with Gasteiger partial charge in [0.25, 0.3) is 5.91 Å². The summed E-state index contributed by atoms with van der Waals surface area (Å²) in [5.74, 6) is -1.31. The number of amides is 1. The van der Waals surface area contributed by atoms with Crippen LogP contribution < -0.4 is 9.47 Å². The molecule has 1 atom stereocenters. The van der Waals surface area contributed by atoms with Crippen LogP contribution in [0.15, 0.2) is 18.2 Å². The first-order chi connectivity index (χ1) is 13.1. The van der Waals surface area contributed by atoms with Gasteiger partial charge in [0, 0.05) is 12.1 Å². The number of rotatable bonds is 7. The summed E-state index contributed by atoms with van der Waals surface area (Å²) < 4.78 is 16.1. The number of benzene rings is 1. The Balaban J connectivity index is 2.21. The average molecular weight is 393 g/mol. The second-order valence-electron chi connectivity index (χ2n) is 7.47. The Hall–Kier alpha value is -2.77. The average Bonchev–Trinajstić information content (AvgIpc) is 3.08. The molecule has 1 fully saturated rings. The molecular formula is C20H27NO7. The van der Waals surface area contributed by atoms with E-state index in [-0.39, 0.29) is 17.4 Å². The number of carboxylic acids is 1. The fraction of sp³-hybridized carbons (Fsp3) is 0.550. The minimum Gasteiger partial charge on any atom is -0.490 e. The van der Waals surface area contributed by atoms with Gasteiger partial charge in [-0.1, -0.05) is 0 Å². The van der Waals surface area contributed by atoms with Crippen LogP contribution >= 0.6 is 0 Å². The maximum atomic E-state index is 13.0. The van der Waals surface area contributed by atoms with E-state index in [1.807, 2.05) is 0 Å². The molecule has 0 spiro atoms. The molecule has 1 saturated heterocycles. The zero-order chi connectivity index (χ0) is 20.9. The Labute approximate surface area is 164 Å². The monoisotopic (exact) mass is 393 g/mol. The second-order valence-corrected chi connectivity index (χ2v) is 7.47. The molecule has 0 bridgehead atoms. The highest BCUT2D eigenvalue weighted by Crippen LogP contribution is 2.30. The molecule has 1 aliphatic rings. The van der Waals surface area contributed by atoms with E-state index in [2.05, 4.69) is 0 Å². The zero-order valence-corrected chi connectivity index (χ0v) is 16.7. The van der Waals surface area contributed by atoms with Gasteiger partial charge in [-0.25, -0.2) is 9.59 Å². The fourth-order valence-corrected chi connectivity index (χ4v) is 2.96. The van der Waals surface area contributed by atoms with Crippen LogP contribution in [0.25, 0.3) is 0 Å². The van der Waals surface area contributed by atoms with Gasteiger partial charge in [-0.2, -0.15) is 0 Å². The Bertz CT molecular complexity index is 739. The molecule has 1 amide bonds. The highest BCUT2D eigenvalue weighted by atomic mass is 16.6. The third-order valence-electron chi connectivity index (χ3n) is 4.03. The summed E-state index contributed by atoms with van der Waals surface area (Å²) in [7, 11) is 0. The number of likely N-dealkylation sites (tertiary alicyclic amines) is 1. The summed E-state index contributed by atoms with van der Waals surface area (Å²) in [6.07, 6.45) is 1.27. The van der Waals surface area contributed by atoms with E-state index in [0.717, 1.165) is 0 Å². The molecule has 1 heterocycles. The van der Waals surface area contributed by atoms with Crippen LogP contribution in [0.4, 0.5) is 0 Å².